The number of amides is 1. The van der Waals surface area contributed by atoms with Crippen LogP contribution in [0.1, 0.15) is 47.7 Å². The van der Waals surface area contributed by atoms with Gasteiger partial charge in [0.1, 0.15) is 11.5 Å². The summed E-state index contributed by atoms with van der Waals surface area (Å²) in [6, 6.07) is 12.9. The molecule has 8 heteroatoms. The smallest absolute Gasteiger partial charge is 0.309 e. The van der Waals surface area contributed by atoms with Gasteiger partial charge < -0.3 is 10.8 Å². The van der Waals surface area contributed by atoms with Gasteiger partial charge in [-0.25, -0.2) is 4.98 Å². The number of carboxylic acid groups (broad SMARTS) is 1. The van der Waals surface area contributed by atoms with Crippen LogP contribution in [0.15, 0.2) is 42.5 Å². The predicted molar refractivity (Wildman–Crippen MR) is 131 cm³/mol. The molecule has 0 fully saturated rings. The van der Waals surface area contributed by atoms with Crippen LogP contribution in [0.2, 0.25) is 5.02 Å². The van der Waals surface area contributed by atoms with Gasteiger partial charge in [0.15, 0.2) is 0 Å². The highest BCUT2D eigenvalue weighted by Crippen LogP contribution is 2.32. The van der Waals surface area contributed by atoms with Gasteiger partial charge in [0, 0.05) is 29.0 Å². The fourth-order valence-electron chi connectivity index (χ4n) is 3.71. The number of nitrogens with zero attached hydrogens (tertiary/aromatic N) is 2. The Labute approximate surface area is 203 Å². The van der Waals surface area contributed by atoms with Gasteiger partial charge in [-0.1, -0.05) is 48.0 Å². The van der Waals surface area contributed by atoms with Crippen molar-refractivity contribution in [2.75, 3.05) is 0 Å². The van der Waals surface area contributed by atoms with Gasteiger partial charge in [0.05, 0.1) is 22.5 Å². The van der Waals surface area contributed by atoms with E-state index >= 15 is 0 Å². The largest absolute Gasteiger partial charge is 0.481 e. The molecule has 3 N–H and O–H groups in total. The topological polar surface area (TPSA) is 123 Å². The van der Waals surface area contributed by atoms with Crippen molar-refractivity contribution in [3.05, 3.63) is 70.1 Å². The first-order chi connectivity index (χ1) is 15.9. The van der Waals surface area contributed by atoms with Crippen molar-refractivity contribution in [2.45, 2.75) is 40.5 Å². The molecule has 1 amide bonds. The van der Waals surface area contributed by atoms with Crippen molar-refractivity contribution in [3.63, 3.8) is 0 Å². The lowest BCUT2D eigenvalue weighted by Gasteiger charge is -2.17. The van der Waals surface area contributed by atoms with Gasteiger partial charge in [-0.2, -0.15) is 0 Å². The number of carbonyl (C=O) groups is 3. The number of Topliss-reactive ketones (excluding diaryl/α,β-unsaturated/α-hetero) is 1. The first-order valence-electron chi connectivity index (χ1n) is 10.7. The van der Waals surface area contributed by atoms with Gasteiger partial charge in [-0.05, 0) is 44.9 Å². The molecule has 7 nitrogen and oxygen atoms in total. The minimum Gasteiger partial charge on any atom is -0.481 e. The average molecular weight is 480 g/mol. The van der Waals surface area contributed by atoms with E-state index in [4.69, 9.17) is 17.3 Å². The Bertz CT molecular complexity index is 1280. The monoisotopic (exact) mass is 479 g/mol. The lowest BCUT2D eigenvalue weighted by molar-refractivity contribution is -0.149. The van der Waals surface area contributed by atoms with E-state index in [1.165, 1.54) is 13.8 Å². The number of benzene rings is 2. The third-order valence-electron chi connectivity index (χ3n) is 5.60. The van der Waals surface area contributed by atoms with Gasteiger partial charge in [-0.15, -0.1) is 0 Å². The number of aromatic nitrogens is 2. The highest BCUT2D eigenvalue weighted by Gasteiger charge is 2.30. The summed E-state index contributed by atoms with van der Waals surface area (Å²) in [5.41, 5.74) is 9.37. The first-order valence-corrected chi connectivity index (χ1v) is 11.1. The third kappa shape index (κ3) is 5.48. The van der Waals surface area contributed by atoms with Crippen molar-refractivity contribution in [3.8, 4) is 22.4 Å². The Kier molecular flexibility index (Phi) is 7.17. The first kappa shape index (κ1) is 25.1. The second kappa shape index (κ2) is 9.73. The summed E-state index contributed by atoms with van der Waals surface area (Å²) in [7, 11) is 0. The van der Waals surface area contributed by atoms with Gasteiger partial charge >= 0.3 is 5.97 Å². The molecule has 1 aromatic heterocycles. The Balaban J connectivity index is 1.82. The van der Waals surface area contributed by atoms with E-state index in [9.17, 15) is 19.5 Å². The van der Waals surface area contributed by atoms with E-state index in [1.807, 2.05) is 43.3 Å². The number of nitrogens with two attached hydrogens (primary N) is 1. The minimum atomic E-state index is -1.11. The summed E-state index contributed by atoms with van der Waals surface area (Å²) in [5.74, 6) is -1.79. The SMILES string of the molecule is Cc1nc(C)c(-c2ccc(-c3ccc(CC(=O)CC(C)(C)C(=O)O)cc3Cl)cc2)nc1C(N)=O. The Hall–Kier alpha value is -3.58. The molecular formula is C26H26ClN3O4. The molecule has 34 heavy (non-hydrogen) atoms. The second-order valence-corrected chi connectivity index (χ2v) is 9.34. The van der Waals surface area contributed by atoms with Crippen molar-refractivity contribution in [1.29, 1.82) is 0 Å². The Morgan fingerprint density at radius 1 is 0.971 bits per heavy atom. The molecule has 0 aliphatic rings. The fraction of sp³-hybridized carbons (Fsp3) is 0.269. The third-order valence-corrected chi connectivity index (χ3v) is 5.91. The second-order valence-electron chi connectivity index (χ2n) is 8.93. The van der Waals surface area contributed by atoms with E-state index in [0.717, 1.165) is 22.3 Å². The molecule has 0 spiro atoms. The van der Waals surface area contributed by atoms with Gasteiger partial charge in [-0.3, -0.25) is 19.4 Å². The Morgan fingerprint density at radius 3 is 2.15 bits per heavy atom. The minimum absolute atomic E-state index is 0.0536. The molecule has 0 radical (unpaired) electrons. The van der Waals surface area contributed by atoms with Crippen LogP contribution in [0, 0.1) is 19.3 Å². The molecule has 0 aliphatic heterocycles. The van der Waals surface area contributed by atoms with E-state index in [2.05, 4.69) is 9.97 Å². The number of rotatable bonds is 8. The molecule has 0 bridgehead atoms. The number of aliphatic carboxylic acids is 1. The number of hydrogen-bond acceptors (Lipinski definition) is 5. The summed E-state index contributed by atoms with van der Waals surface area (Å²) in [4.78, 5) is 44.0. The van der Waals surface area contributed by atoms with Gasteiger partial charge in [0.2, 0.25) is 0 Å². The summed E-state index contributed by atoms with van der Waals surface area (Å²) in [6.45, 7) is 6.58. The molecule has 176 valence electrons. The van der Waals surface area contributed by atoms with Crippen LogP contribution >= 0.6 is 11.6 Å². The predicted octanol–water partition coefficient (Wildman–Crippen LogP) is 4.79. The zero-order valence-corrected chi connectivity index (χ0v) is 20.2. The molecule has 0 unspecified atom stereocenters. The lowest BCUT2D eigenvalue weighted by atomic mass is 9.86. The summed E-state index contributed by atoms with van der Waals surface area (Å²) < 4.78 is 0. The molecule has 0 aliphatic carbocycles. The van der Waals surface area contributed by atoms with Crippen LogP contribution in [-0.2, 0) is 16.0 Å². The standard InChI is InChI=1S/C26H26ClN3O4/c1-14-22(30-23(24(28)32)15(2)29-14)18-8-6-17(7-9-18)20-10-5-16(12-21(20)27)11-19(31)13-26(3,4)25(33)34/h5-10,12H,11,13H2,1-4H3,(H2,28,32)(H,33,34). The number of primary amides is 1. The summed E-state index contributed by atoms with van der Waals surface area (Å²) >= 11 is 6.51. The number of carboxylic acids is 1. The zero-order chi connectivity index (χ0) is 25.2. The molecule has 1 heterocycles. The van der Waals surface area contributed by atoms with Crippen molar-refractivity contribution in [1.82, 2.24) is 9.97 Å². The average Bonchev–Trinajstić information content (AvgIpc) is 2.73. The molecular weight excluding hydrogens is 454 g/mol. The van der Waals surface area contributed by atoms with E-state index in [0.29, 0.717) is 22.1 Å². The quantitative estimate of drug-likeness (QED) is 0.478. The fourth-order valence-corrected chi connectivity index (χ4v) is 4.02. The molecule has 3 rings (SSSR count). The molecule has 2 aromatic carbocycles. The highest BCUT2D eigenvalue weighted by molar-refractivity contribution is 6.33. The summed E-state index contributed by atoms with van der Waals surface area (Å²) in [6.07, 6.45) is 0.0607. The lowest BCUT2D eigenvalue weighted by Crippen LogP contribution is -2.27. The van der Waals surface area contributed by atoms with Crippen LogP contribution < -0.4 is 5.73 Å². The van der Waals surface area contributed by atoms with Crippen LogP contribution in [0.25, 0.3) is 22.4 Å². The van der Waals surface area contributed by atoms with Crippen molar-refractivity contribution in [2.24, 2.45) is 11.1 Å². The van der Waals surface area contributed by atoms with Crippen LogP contribution in [0.4, 0.5) is 0 Å². The number of aryl methyl sites for hydroxylation is 2. The van der Waals surface area contributed by atoms with Crippen molar-refractivity contribution >= 4 is 29.3 Å². The maximum Gasteiger partial charge on any atom is 0.309 e. The number of carbonyl (C=O) groups excluding carboxylic acids is 2. The summed E-state index contributed by atoms with van der Waals surface area (Å²) in [5, 5.41) is 9.70. The number of halogens is 1. The van der Waals surface area contributed by atoms with E-state index in [-0.39, 0.29) is 24.3 Å². The maximum atomic E-state index is 12.3. The van der Waals surface area contributed by atoms with E-state index < -0.39 is 17.3 Å². The Morgan fingerprint density at radius 2 is 1.59 bits per heavy atom. The normalized spacial score (nSPS) is 11.3. The van der Waals surface area contributed by atoms with Crippen LogP contribution in [0.5, 0.6) is 0 Å². The van der Waals surface area contributed by atoms with Crippen LogP contribution in [0.3, 0.4) is 0 Å². The maximum absolute atomic E-state index is 12.3. The molecule has 3 aromatic rings. The number of ketones is 1. The van der Waals surface area contributed by atoms with Crippen LogP contribution in [-0.4, -0.2) is 32.7 Å². The number of hydrogen-bond donors (Lipinski definition) is 2. The zero-order valence-electron chi connectivity index (χ0n) is 19.5. The molecule has 0 saturated heterocycles. The highest BCUT2D eigenvalue weighted by atomic mass is 35.5. The van der Waals surface area contributed by atoms with Gasteiger partial charge in [0.25, 0.3) is 5.91 Å². The van der Waals surface area contributed by atoms with E-state index in [1.54, 1.807) is 13.0 Å². The van der Waals surface area contributed by atoms with Crippen molar-refractivity contribution < 1.29 is 19.5 Å². The molecule has 0 saturated carbocycles. The molecule has 0 atom stereocenters.